The van der Waals surface area contributed by atoms with Crippen LogP contribution in [0.25, 0.3) is 10.9 Å². The third-order valence-corrected chi connectivity index (χ3v) is 4.62. The minimum atomic E-state index is 0.448. The van der Waals surface area contributed by atoms with Crippen LogP contribution in [0.2, 0.25) is 0 Å². The van der Waals surface area contributed by atoms with Gasteiger partial charge in [0.15, 0.2) is 11.5 Å². The van der Waals surface area contributed by atoms with Crippen molar-refractivity contribution in [1.82, 2.24) is 14.7 Å². The van der Waals surface area contributed by atoms with E-state index in [4.69, 9.17) is 14.6 Å². The van der Waals surface area contributed by atoms with Crippen molar-refractivity contribution >= 4 is 28.9 Å². The molecule has 0 saturated carbocycles. The number of nitrogens with one attached hydrogen (secondary N) is 1. The van der Waals surface area contributed by atoms with Gasteiger partial charge in [0, 0.05) is 42.7 Å². The fourth-order valence-corrected chi connectivity index (χ4v) is 3.35. The summed E-state index contributed by atoms with van der Waals surface area (Å²) in [6.45, 7) is 1.86. The van der Waals surface area contributed by atoms with Gasteiger partial charge in [-0.25, -0.2) is 14.7 Å². The lowest BCUT2D eigenvalue weighted by molar-refractivity contribution is 0.355. The molecule has 0 aliphatic carbocycles. The maximum Gasteiger partial charge on any atom is 0.162 e. The second-order valence-corrected chi connectivity index (χ2v) is 5.89. The highest BCUT2D eigenvalue weighted by atomic mass is 32.2. The smallest absolute Gasteiger partial charge is 0.162 e. The summed E-state index contributed by atoms with van der Waals surface area (Å²) < 4.78 is 14.0. The highest BCUT2D eigenvalue weighted by molar-refractivity contribution is 7.95. The Morgan fingerprint density at radius 3 is 2.52 bits per heavy atom. The number of nitrogens with two attached hydrogens (primary N) is 1. The minimum Gasteiger partial charge on any atom is -0.493 e. The van der Waals surface area contributed by atoms with Crippen molar-refractivity contribution in [3.8, 4) is 11.5 Å². The van der Waals surface area contributed by atoms with Crippen LogP contribution in [0.4, 0.5) is 5.82 Å². The van der Waals surface area contributed by atoms with Crippen molar-refractivity contribution in [3.05, 3.63) is 18.5 Å². The molecule has 0 radical (unpaired) electrons. The van der Waals surface area contributed by atoms with Crippen LogP contribution < -0.4 is 24.2 Å². The van der Waals surface area contributed by atoms with E-state index < -0.39 is 0 Å². The fourth-order valence-electron chi connectivity index (χ4n) is 2.93. The van der Waals surface area contributed by atoms with Crippen LogP contribution in [0.1, 0.15) is 12.8 Å². The Morgan fingerprint density at radius 2 is 1.87 bits per heavy atom. The molecule has 1 aromatic heterocycles. The Balaban J connectivity index is 1.92. The number of hydrogen-bond donors (Lipinski definition) is 2. The van der Waals surface area contributed by atoms with E-state index in [-0.39, 0.29) is 0 Å². The highest BCUT2D eigenvalue weighted by Crippen LogP contribution is 2.35. The molecule has 1 saturated heterocycles. The average Bonchev–Trinajstić information content (AvgIpc) is 2.61. The van der Waals surface area contributed by atoms with Gasteiger partial charge in [0.2, 0.25) is 0 Å². The van der Waals surface area contributed by atoms with Crippen molar-refractivity contribution in [2.75, 3.05) is 32.2 Å². The molecule has 3 rings (SSSR count). The van der Waals surface area contributed by atoms with E-state index >= 15 is 0 Å². The van der Waals surface area contributed by atoms with Gasteiger partial charge in [-0.2, -0.15) is 0 Å². The van der Waals surface area contributed by atoms with Crippen LogP contribution in [-0.2, 0) is 0 Å². The third-order valence-electron chi connectivity index (χ3n) is 4.15. The van der Waals surface area contributed by atoms with Gasteiger partial charge in [0.1, 0.15) is 12.1 Å². The number of piperidine rings is 1. The molecule has 0 amide bonds. The monoisotopic (exact) mass is 335 g/mol. The second-order valence-electron chi connectivity index (χ2n) is 5.42. The molecule has 0 unspecified atom stereocenters. The van der Waals surface area contributed by atoms with Crippen LogP contribution in [0.5, 0.6) is 11.5 Å². The van der Waals surface area contributed by atoms with Gasteiger partial charge in [0.05, 0.1) is 19.7 Å². The molecule has 3 N–H and O–H groups in total. The normalized spacial score (nSPS) is 15.9. The first-order valence-corrected chi connectivity index (χ1v) is 8.37. The zero-order chi connectivity index (χ0) is 16.2. The Labute approximate surface area is 139 Å². The lowest BCUT2D eigenvalue weighted by atomic mass is 10.1. The summed E-state index contributed by atoms with van der Waals surface area (Å²) in [7, 11) is 3.26. The van der Waals surface area contributed by atoms with Gasteiger partial charge >= 0.3 is 0 Å². The minimum absolute atomic E-state index is 0.448. The van der Waals surface area contributed by atoms with Gasteiger partial charge in [0.25, 0.3) is 0 Å². The van der Waals surface area contributed by atoms with E-state index in [1.165, 1.54) is 12.1 Å². The molecule has 1 aliphatic heterocycles. The summed E-state index contributed by atoms with van der Waals surface area (Å²) in [5.41, 5.74) is 0.852. The average molecular weight is 335 g/mol. The molecule has 1 aromatic carbocycles. The number of anilines is 1. The molecule has 1 fully saturated rings. The van der Waals surface area contributed by atoms with Gasteiger partial charge in [-0.1, -0.05) is 0 Å². The molecule has 2 heterocycles. The van der Waals surface area contributed by atoms with Crippen molar-refractivity contribution in [1.29, 1.82) is 0 Å². The van der Waals surface area contributed by atoms with Crippen molar-refractivity contribution in [3.63, 3.8) is 0 Å². The first kappa shape index (κ1) is 16.1. The molecule has 23 heavy (non-hydrogen) atoms. The number of nitrogens with zero attached hydrogens (tertiary/aromatic N) is 3. The maximum absolute atomic E-state index is 5.48. The third kappa shape index (κ3) is 3.29. The number of methoxy groups -OCH3 is 2. The van der Waals surface area contributed by atoms with E-state index in [2.05, 4.69) is 19.6 Å². The van der Waals surface area contributed by atoms with Gasteiger partial charge in [-0.15, -0.1) is 0 Å². The van der Waals surface area contributed by atoms with E-state index in [0.29, 0.717) is 17.5 Å². The molecule has 2 aromatic rings. The van der Waals surface area contributed by atoms with Gasteiger partial charge in [-0.05, 0) is 18.9 Å². The van der Waals surface area contributed by atoms with Crippen LogP contribution in [0.15, 0.2) is 18.5 Å². The number of rotatable bonds is 5. The van der Waals surface area contributed by atoms with E-state index in [1.54, 1.807) is 20.5 Å². The second kappa shape index (κ2) is 7.20. The number of benzene rings is 1. The summed E-state index contributed by atoms with van der Waals surface area (Å²) >= 11 is 1.19. The van der Waals surface area contributed by atoms with Crippen LogP contribution in [-0.4, -0.2) is 43.3 Å². The lowest BCUT2D eigenvalue weighted by Crippen LogP contribution is -2.41. The topological polar surface area (TPSA) is 85.5 Å². The Morgan fingerprint density at radius 1 is 1.17 bits per heavy atom. The molecule has 7 nitrogen and oxygen atoms in total. The Hall–Kier alpha value is -1.77. The molecule has 1 aliphatic rings. The van der Waals surface area contributed by atoms with Crippen molar-refractivity contribution < 1.29 is 9.47 Å². The zero-order valence-corrected chi connectivity index (χ0v) is 14.1. The molecule has 0 spiro atoms. The molecule has 0 atom stereocenters. The lowest BCUT2D eigenvalue weighted by Gasteiger charge is -2.33. The summed E-state index contributed by atoms with van der Waals surface area (Å²) in [5, 5.41) is 6.46. The standard InChI is InChI=1S/C15H21N5O2S/c1-21-13-7-11-12(8-14(13)22-2)17-9-18-15(11)20-5-3-10(4-6-20)19-23-16/h7-10,19H,3-6,16H2,1-2H3. The van der Waals surface area contributed by atoms with Gasteiger partial charge in [-0.3, -0.25) is 5.14 Å². The Bertz CT molecular complexity index is 676. The summed E-state index contributed by atoms with van der Waals surface area (Å²) in [5.74, 6) is 2.30. The predicted octanol–water partition coefficient (Wildman–Crippen LogP) is 1.73. The molecular formula is C15H21N5O2S. The maximum atomic E-state index is 5.48. The van der Waals surface area contributed by atoms with Gasteiger partial charge < -0.3 is 14.4 Å². The summed E-state index contributed by atoms with van der Waals surface area (Å²) in [6.07, 6.45) is 3.66. The number of aromatic nitrogens is 2. The number of hydrogen-bond acceptors (Lipinski definition) is 8. The quantitative estimate of drug-likeness (QED) is 0.799. The summed E-state index contributed by atoms with van der Waals surface area (Å²) in [6, 6.07) is 4.28. The molecule has 124 valence electrons. The highest BCUT2D eigenvalue weighted by Gasteiger charge is 2.22. The predicted molar refractivity (Wildman–Crippen MR) is 92.8 cm³/mol. The Kier molecular flexibility index (Phi) is 5.04. The van der Waals surface area contributed by atoms with Crippen LogP contribution >= 0.6 is 12.1 Å². The largest absolute Gasteiger partial charge is 0.493 e. The zero-order valence-electron chi connectivity index (χ0n) is 13.3. The van der Waals surface area contributed by atoms with E-state index in [1.807, 2.05) is 12.1 Å². The van der Waals surface area contributed by atoms with E-state index in [9.17, 15) is 0 Å². The first-order valence-electron chi connectivity index (χ1n) is 7.49. The molecule has 0 bridgehead atoms. The van der Waals surface area contributed by atoms with E-state index in [0.717, 1.165) is 42.7 Å². The molecular weight excluding hydrogens is 314 g/mol. The van der Waals surface area contributed by atoms with Crippen molar-refractivity contribution in [2.24, 2.45) is 5.14 Å². The van der Waals surface area contributed by atoms with Crippen LogP contribution in [0.3, 0.4) is 0 Å². The number of fused-ring (bicyclic) bond motifs is 1. The SMILES string of the molecule is COc1cc2ncnc(N3CCC(NSN)CC3)c2cc1OC. The fraction of sp³-hybridized carbons (Fsp3) is 0.467. The first-order chi connectivity index (χ1) is 11.3. The van der Waals surface area contributed by atoms with Crippen molar-refractivity contribution in [2.45, 2.75) is 18.9 Å². The summed E-state index contributed by atoms with van der Waals surface area (Å²) in [4.78, 5) is 11.1. The molecule has 8 heteroatoms. The number of ether oxygens (including phenoxy) is 2. The van der Waals surface area contributed by atoms with Crippen LogP contribution in [0, 0.1) is 0 Å².